The molecule has 1 atom stereocenters. The molecular weight excluding hydrogens is 312 g/mol. The Balaban J connectivity index is 2.82. The Hall–Kier alpha value is -1.40. The van der Waals surface area contributed by atoms with Gasteiger partial charge in [0.1, 0.15) is 0 Å². The molecule has 0 heterocycles. The summed E-state index contributed by atoms with van der Waals surface area (Å²) >= 11 is 0. The second kappa shape index (κ2) is 9.03. The van der Waals surface area contributed by atoms with Crippen molar-refractivity contribution in [1.29, 1.82) is 0 Å². The van der Waals surface area contributed by atoms with Gasteiger partial charge in [0, 0.05) is 19.5 Å². The van der Waals surface area contributed by atoms with Crippen molar-refractivity contribution in [3.8, 4) is 0 Å². The van der Waals surface area contributed by atoms with Crippen LogP contribution in [0.2, 0.25) is 0 Å². The van der Waals surface area contributed by atoms with Crippen LogP contribution in [0.15, 0.2) is 29.2 Å². The van der Waals surface area contributed by atoms with Gasteiger partial charge in [-0.15, -0.1) is 0 Å². The van der Waals surface area contributed by atoms with Crippen molar-refractivity contribution in [2.45, 2.75) is 57.9 Å². The van der Waals surface area contributed by atoms with E-state index in [2.05, 4.69) is 5.32 Å². The van der Waals surface area contributed by atoms with Crippen molar-refractivity contribution < 1.29 is 13.2 Å². The second-order valence-corrected chi connectivity index (χ2v) is 7.49. The minimum Gasteiger partial charge on any atom is -0.350 e. The molecule has 23 heavy (non-hydrogen) atoms. The zero-order valence-electron chi connectivity index (χ0n) is 14.5. The lowest BCUT2D eigenvalue weighted by molar-refractivity contribution is -0.121. The van der Waals surface area contributed by atoms with Crippen LogP contribution in [0, 0.1) is 0 Å². The molecule has 130 valence electrons. The first-order valence-electron chi connectivity index (χ1n) is 8.26. The van der Waals surface area contributed by atoms with Gasteiger partial charge in [0.05, 0.1) is 10.9 Å². The number of nitrogens with zero attached hydrogens (tertiary/aromatic N) is 1. The maximum absolute atomic E-state index is 12.4. The largest absolute Gasteiger partial charge is 0.350 e. The quantitative estimate of drug-likeness (QED) is 0.751. The normalized spacial score (nSPS) is 13.1. The number of nitrogens with one attached hydrogen (secondary N) is 1. The third kappa shape index (κ3) is 5.32. The fraction of sp³-hybridized carbons (Fsp3) is 0.588. The van der Waals surface area contributed by atoms with Gasteiger partial charge >= 0.3 is 0 Å². The number of hydrogen-bond acceptors (Lipinski definition) is 3. The summed E-state index contributed by atoms with van der Waals surface area (Å²) in [4.78, 5) is 12.1. The first-order valence-corrected chi connectivity index (χ1v) is 9.70. The molecule has 6 heteroatoms. The number of hydrogen-bond donors (Lipinski definition) is 1. The predicted molar refractivity (Wildman–Crippen MR) is 92.6 cm³/mol. The molecule has 0 fully saturated rings. The molecule has 1 aromatic carbocycles. The van der Waals surface area contributed by atoms with Gasteiger partial charge in [0.25, 0.3) is 0 Å². The highest BCUT2D eigenvalue weighted by Crippen LogP contribution is 2.19. The van der Waals surface area contributed by atoms with Gasteiger partial charge in [0.2, 0.25) is 15.9 Å². The predicted octanol–water partition coefficient (Wildman–Crippen LogP) is 3.08. The van der Waals surface area contributed by atoms with Crippen molar-refractivity contribution in [1.82, 2.24) is 9.62 Å². The summed E-state index contributed by atoms with van der Waals surface area (Å²) < 4.78 is 26.3. The van der Waals surface area contributed by atoms with E-state index in [9.17, 15) is 13.2 Å². The summed E-state index contributed by atoms with van der Waals surface area (Å²) in [6.07, 6.45) is 2.38. The van der Waals surface area contributed by atoms with Crippen LogP contribution >= 0.6 is 0 Å². The molecule has 0 saturated carbocycles. The van der Waals surface area contributed by atoms with Gasteiger partial charge in [-0.05, 0) is 31.0 Å². The van der Waals surface area contributed by atoms with Gasteiger partial charge in [-0.2, -0.15) is 4.31 Å². The summed E-state index contributed by atoms with van der Waals surface area (Å²) in [6.45, 7) is 8.49. The highest BCUT2D eigenvalue weighted by atomic mass is 32.2. The van der Waals surface area contributed by atoms with Crippen molar-refractivity contribution in [2.75, 3.05) is 13.1 Å². The van der Waals surface area contributed by atoms with E-state index in [0.717, 1.165) is 18.4 Å². The Morgan fingerprint density at radius 3 is 2.17 bits per heavy atom. The van der Waals surface area contributed by atoms with E-state index in [1.165, 1.54) is 4.31 Å². The summed E-state index contributed by atoms with van der Waals surface area (Å²) in [5.74, 6) is 0.0270. The van der Waals surface area contributed by atoms with Gasteiger partial charge in [0.15, 0.2) is 0 Å². The Morgan fingerprint density at radius 2 is 1.70 bits per heavy atom. The SMILES string of the molecule is CCCCC(=O)NC(C)c1ccc(S(=O)(=O)N(CC)CC)cc1. The molecule has 0 aliphatic rings. The summed E-state index contributed by atoms with van der Waals surface area (Å²) in [5, 5.41) is 2.94. The molecule has 1 aromatic rings. The van der Waals surface area contributed by atoms with Crippen LogP contribution in [0.3, 0.4) is 0 Å². The van der Waals surface area contributed by atoms with E-state index in [4.69, 9.17) is 0 Å². The van der Waals surface area contributed by atoms with E-state index in [1.807, 2.05) is 27.7 Å². The Labute approximate surface area is 140 Å². The minimum absolute atomic E-state index is 0.0270. The molecule has 0 radical (unpaired) electrons. The maximum Gasteiger partial charge on any atom is 0.243 e. The number of benzene rings is 1. The molecule has 1 N–H and O–H groups in total. The molecular formula is C17H28N2O3S. The fourth-order valence-electron chi connectivity index (χ4n) is 2.38. The van der Waals surface area contributed by atoms with Gasteiger partial charge in [-0.1, -0.05) is 39.3 Å². The lowest BCUT2D eigenvalue weighted by Crippen LogP contribution is -2.30. The average Bonchev–Trinajstić information content (AvgIpc) is 2.53. The molecule has 1 unspecified atom stereocenters. The Kier molecular flexibility index (Phi) is 7.72. The van der Waals surface area contributed by atoms with Crippen molar-refractivity contribution >= 4 is 15.9 Å². The van der Waals surface area contributed by atoms with Crippen molar-refractivity contribution in [2.24, 2.45) is 0 Å². The molecule has 0 aliphatic heterocycles. The van der Waals surface area contributed by atoms with E-state index < -0.39 is 10.0 Å². The van der Waals surface area contributed by atoms with Crippen LogP contribution in [0.4, 0.5) is 0 Å². The van der Waals surface area contributed by atoms with Crippen molar-refractivity contribution in [3.63, 3.8) is 0 Å². The Morgan fingerprint density at radius 1 is 1.13 bits per heavy atom. The number of carbonyl (C=O) groups excluding carboxylic acids is 1. The monoisotopic (exact) mass is 340 g/mol. The standard InChI is InChI=1S/C17H28N2O3S/c1-5-8-9-17(20)18-14(4)15-10-12-16(13-11-15)23(21,22)19(6-2)7-3/h10-14H,5-9H2,1-4H3,(H,18,20). The fourth-order valence-corrected chi connectivity index (χ4v) is 3.83. The number of carbonyl (C=O) groups is 1. The molecule has 0 saturated heterocycles. The molecule has 1 amide bonds. The minimum atomic E-state index is -3.43. The van der Waals surface area contributed by atoms with Gasteiger partial charge in [-0.25, -0.2) is 8.42 Å². The Bertz CT molecular complexity index is 593. The lowest BCUT2D eigenvalue weighted by Gasteiger charge is -2.19. The first kappa shape index (κ1) is 19.6. The van der Waals surface area contributed by atoms with Crippen molar-refractivity contribution in [3.05, 3.63) is 29.8 Å². The third-order valence-corrected chi connectivity index (χ3v) is 5.92. The van der Waals surface area contributed by atoms with Gasteiger partial charge in [-0.3, -0.25) is 4.79 Å². The van der Waals surface area contributed by atoms with Crippen LogP contribution in [-0.2, 0) is 14.8 Å². The molecule has 5 nitrogen and oxygen atoms in total. The van der Waals surface area contributed by atoms with E-state index in [-0.39, 0.29) is 16.8 Å². The first-order chi connectivity index (χ1) is 10.9. The smallest absolute Gasteiger partial charge is 0.243 e. The number of sulfonamides is 1. The van der Waals surface area contributed by atoms with E-state index in [0.29, 0.717) is 19.5 Å². The van der Waals surface area contributed by atoms with Crippen LogP contribution < -0.4 is 5.32 Å². The number of rotatable bonds is 9. The number of unbranched alkanes of at least 4 members (excludes halogenated alkanes) is 1. The average molecular weight is 340 g/mol. The van der Waals surface area contributed by atoms with Crippen LogP contribution in [-0.4, -0.2) is 31.7 Å². The summed E-state index contributed by atoms with van der Waals surface area (Å²) in [6, 6.07) is 6.61. The summed E-state index contributed by atoms with van der Waals surface area (Å²) in [5.41, 5.74) is 0.897. The second-order valence-electron chi connectivity index (χ2n) is 5.55. The van der Waals surface area contributed by atoms with Crippen LogP contribution in [0.5, 0.6) is 0 Å². The molecule has 0 spiro atoms. The lowest BCUT2D eigenvalue weighted by atomic mass is 10.1. The topological polar surface area (TPSA) is 66.5 Å². The number of amides is 1. The zero-order valence-corrected chi connectivity index (χ0v) is 15.3. The van der Waals surface area contributed by atoms with E-state index in [1.54, 1.807) is 24.3 Å². The van der Waals surface area contributed by atoms with E-state index >= 15 is 0 Å². The molecule has 0 aliphatic carbocycles. The molecule has 0 bridgehead atoms. The highest BCUT2D eigenvalue weighted by Gasteiger charge is 2.21. The zero-order chi connectivity index (χ0) is 17.5. The molecule has 0 aromatic heterocycles. The maximum atomic E-state index is 12.4. The third-order valence-electron chi connectivity index (χ3n) is 3.86. The van der Waals surface area contributed by atoms with Crippen LogP contribution in [0.25, 0.3) is 0 Å². The van der Waals surface area contributed by atoms with Gasteiger partial charge < -0.3 is 5.32 Å². The summed E-state index contributed by atoms with van der Waals surface area (Å²) in [7, 11) is -3.43. The molecule has 1 rings (SSSR count). The highest BCUT2D eigenvalue weighted by molar-refractivity contribution is 7.89. The van der Waals surface area contributed by atoms with Crippen LogP contribution in [0.1, 0.15) is 58.6 Å².